The molecule has 0 spiro atoms. The lowest BCUT2D eigenvalue weighted by Crippen LogP contribution is -3.00. The van der Waals surface area contributed by atoms with Crippen LogP contribution < -0.4 is 12.4 Å². The van der Waals surface area contributed by atoms with E-state index in [1.807, 2.05) is 12.1 Å². The molecule has 0 saturated carbocycles. The summed E-state index contributed by atoms with van der Waals surface area (Å²) in [6.45, 7) is 4.54. The van der Waals surface area contributed by atoms with Crippen molar-refractivity contribution in [3.05, 3.63) is 65.2 Å². The van der Waals surface area contributed by atoms with Crippen molar-refractivity contribution in [2.75, 3.05) is 13.1 Å². The van der Waals surface area contributed by atoms with Crippen LogP contribution in [0.4, 0.5) is 0 Å². The molecule has 2 aromatic rings. The molecule has 1 aliphatic carbocycles. The fourth-order valence-corrected chi connectivity index (χ4v) is 3.76. The summed E-state index contributed by atoms with van der Waals surface area (Å²) in [4.78, 5) is 2.65. The third kappa shape index (κ3) is 4.52. The molecule has 0 aromatic heterocycles. The van der Waals surface area contributed by atoms with Crippen molar-refractivity contribution in [2.45, 2.75) is 45.1 Å². The molecule has 1 unspecified atom stereocenters. The molecule has 0 heterocycles. The van der Waals surface area contributed by atoms with Gasteiger partial charge in [0.15, 0.2) is 0 Å². The summed E-state index contributed by atoms with van der Waals surface area (Å²) in [5.41, 5.74) is 3.92. The Hall–Kier alpha value is -1.51. The van der Waals surface area contributed by atoms with E-state index in [-0.39, 0.29) is 12.4 Å². The molecule has 0 amide bonds. The third-order valence-electron chi connectivity index (χ3n) is 4.99. The monoisotopic (exact) mass is 344 g/mol. The number of hydrogen-bond donors (Lipinski definition) is 1. The van der Waals surface area contributed by atoms with E-state index < -0.39 is 0 Å². The second-order valence-corrected chi connectivity index (χ2v) is 6.58. The number of benzene rings is 2. The average Bonchev–Trinajstić information content (AvgIpc) is 2.59. The number of phenolic OH excluding ortho intramolecular Hbond substituents is 1. The molecule has 2 nitrogen and oxygen atoms in total. The molecule has 1 N–H and O–H groups in total. The molecule has 0 fully saturated rings. The van der Waals surface area contributed by atoms with Crippen LogP contribution in [0.25, 0.3) is 0 Å². The highest BCUT2D eigenvalue weighted by molar-refractivity contribution is 5.41. The predicted octanol–water partition coefficient (Wildman–Crippen LogP) is 1.21. The van der Waals surface area contributed by atoms with E-state index in [0.717, 1.165) is 38.8 Å². The highest BCUT2D eigenvalue weighted by Crippen LogP contribution is 2.30. The Balaban J connectivity index is 0.00000208. The molecule has 3 rings (SSSR count). The van der Waals surface area contributed by atoms with Gasteiger partial charge in [-0.05, 0) is 61.4 Å². The van der Waals surface area contributed by atoms with E-state index >= 15 is 0 Å². The normalized spacial score (nSPS) is 16.5. The maximum atomic E-state index is 10.0. The number of rotatable bonds is 6. The first kappa shape index (κ1) is 18.8. The third-order valence-corrected chi connectivity index (χ3v) is 4.99. The Morgan fingerprint density at radius 1 is 1.04 bits per heavy atom. The molecule has 3 heteroatoms. The fourth-order valence-electron chi connectivity index (χ4n) is 3.76. The number of fused-ring (bicyclic) bond motifs is 1. The van der Waals surface area contributed by atoms with Gasteiger partial charge < -0.3 is 17.5 Å². The van der Waals surface area contributed by atoms with E-state index in [4.69, 9.17) is 0 Å². The zero-order valence-electron chi connectivity index (χ0n) is 14.4. The van der Waals surface area contributed by atoms with Crippen LogP contribution in [-0.2, 0) is 19.3 Å². The molecule has 1 atom stereocenters. The van der Waals surface area contributed by atoms with E-state index in [1.54, 1.807) is 0 Å². The zero-order valence-corrected chi connectivity index (χ0v) is 15.2. The molecule has 130 valence electrons. The van der Waals surface area contributed by atoms with Gasteiger partial charge in [-0.2, -0.15) is 0 Å². The van der Waals surface area contributed by atoms with Crippen molar-refractivity contribution in [1.29, 1.82) is 0 Å². The summed E-state index contributed by atoms with van der Waals surface area (Å²) in [7, 11) is 0. The Labute approximate surface area is 151 Å². The van der Waals surface area contributed by atoms with Gasteiger partial charge in [0, 0.05) is 12.6 Å². The SMILES string of the molecule is CCCN(CCc1ccccc1)C1CCc2c(O)cccc2C1.[Cl-]. The van der Waals surface area contributed by atoms with Crippen molar-refractivity contribution in [3.8, 4) is 5.75 Å². The Morgan fingerprint density at radius 3 is 2.58 bits per heavy atom. The second-order valence-electron chi connectivity index (χ2n) is 6.58. The lowest BCUT2D eigenvalue weighted by Gasteiger charge is -2.35. The quantitative estimate of drug-likeness (QED) is 0.851. The molecule has 24 heavy (non-hydrogen) atoms. The number of phenols is 1. The summed E-state index contributed by atoms with van der Waals surface area (Å²) in [5.74, 6) is 0.479. The lowest BCUT2D eigenvalue weighted by atomic mass is 9.86. The number of halogens is 1. The van der Waals surface area contributed by atoms with Crippen LogP contribution in [-0.4, -0.2) is 29.1 Å². The van der Waals surface area contributed by atoms with Gasteiger partial charge in [0.1, 0.15) is 5.75 Å². The highest BCUT2D eigenvalue weighted by Gasteiger charge is 2.25. The van der Waals surface area contributed by atoms with Crippen LogP contribution >= 0.6 is 0 Å². The molecule has 0 bridgehead atoms. The maximum Gasteiger partial charge on any atom is 0.119 e. The molecule has 2 aromatic carbocycles. The van der Waals surface area contributed by atoms with Crippen LogP contribution in [0.5, 0.6) is 5.75 Å². The first-order valence-electron chi connectivity index (χ1n) is 8.85. The van der Waals surface area contributed by atoms with Crippen molar-refractivity contribution < 1.29 is 17.5 Å². The van der Waals surface area contributed by atoms with Crippen LogP contribution in [0.3, 0.4) is 0 Å². The standard InChI is InChI=1S/C21H27NO.ClH/c1-2-14-22(15-13-17-7-4-3-5-8-17)19-11-12-20-18(16-19)9-6-10-21(20)23;/h3-10,19,23H,2,11-16H2,1H3;1H/p-1. The Kier molecular flexibility index (Phi) is 7.14. The number of nitrogens with zero attached hydrogens (tertiary/aromatic N) is 1. The lowest BCUT2D eigenvalue weighted by molar-refractivity contribution is -0.00000586. The summed E-state index contributed by atoms with van der Waals surface area (Å²) in [5, 5.41) is 10.0. The van der Waals surface area contributed by atoms with Gasteiger partial charge in [-0.25, -0.2) is 0 Å². The summed E-state index contributed by atoms with van der Waals surface area (Å²) >= 11 is 0. The van der Waals surface area contributed by atoms with E-state index in [2.05, 4.69) is 48.2 Å². The topological polar surface area (TPSA) is 23.5 Å². The highest BCUT2D eigenvalue weighted by atomic mass is 35.5. The molecular formula is C21H27ClNO-. The van der Waals surface area contributed by atoms with Gasteiger partial charge in [-0.1, -0.05) is 49.4 Å². The van der Waals surface area contributed by atoms with Crippen LogP contribution in [0.15, 0.2) is 48.5 Å². The van der Waals surface area contributed by atoms with Gasteiger partial charge in [0.05, 0.1) is 0 Å². The molecule has 0 radical (unpaired) electrons. The van der Waals surface area contributed by atoms with E-state index in [9.17, 15) is 5.11 Å². The molecular weight excluding hydrogens is 318 g/mol. The minimum absolute atomic E-state index is 0. The number of aromatic hydroxyl groups is 1. The summed E-state index contributed by atoms with van der Waals surface area (Å²) in [6.07, 6.45) is 5.53. The minimum Gasteiger partial charge on any atom is -1.00 e. The molecule has 1 aliphatic rings. The average molecular weight is 345 g/mol. The van der Waals surface area contributed by atoms with Crippen LogP contribution in [0.2, 0.25) is 0 Å². The van der Waals surface area contributed by atoms with Crippen molar-refractivity contribution in [1.82, 2.24) is 4.90 Å². The first-order valence-corrected chi connectivity index (χ1v) is 8.85. The van der Waals surface area contributed by atoms with Crippen molar-refractivity contribution in [3.63, 3.8) is 0 Å². The predicted molar refractivity (Wildman–Crippen MR) is 95.9 cm³/mol. The van der Waals surface area contributed by atoms with E-state index in [1.165, 1.54) is 23.1 Å². The van der Waals surface area contributed by atoms with Crippen molar-refractivity contribution in [2.24, 2.45) is 0 Å². The summed E-state index contributed by atoms with van der Waals surface area (Å²) < 4.78 is 0. The first-order chi connectivity index (χ1) is 11.3. The fraction of sp³-hybridized carbons (Fsp3) is 0.429. The zero-order chi connectivity index (χ0) is 16.1. The van der Waals surface area contributed by atoms with Gasteiger partial charge in [0.25, 0.3) is 0 Å². The smallest absolute Gasteiger partial charge is 0.119 e. The molecule has 0 aliphatic heterocycles. The maximum absolute atomic E-state index is 10.0. The Bertz CT molecular complexity index is 629. The van der Waals surface area contributed by atoms with Gasteiger partial charge >= 0.3 is 0 Å². The van der Waals surface area contributed by atoms with E-state index in [0.29, 0.717) is 11.8 Å². The number of hydrogen-bond acceptors (Lipinski definition) is 2. The van der Waals surface area contributed by atoms with Gasteiger partial charge in [-0.15, -0.1) is 0 Å². The summed E-state index contributed by atoms with van der Waals surface area (Å²) in [6, 6.07) is 17.4. The van der Waals surface area contributed by atoms with Gasteiger partial charge in [-0.3, -0.25) is 4.90 Å². The van der Waals surface area contributed by atoms with Gasteiger partial charge in [0.2, 0.25) is 0 Å². The largest absolute Gasteiger partial charge is 1.00 e. The molecule has 0 saturated heterocycles. The second kappa shape index (κ2) is 9.10. The van der Waals surface area contributed by atoms with Crippen LogP contribution in [0.1, 0.15) is 36.5 Å². The van der Waals surface area contributed by atoms with Crippen molar-refractivity contribution >= 4 is 0 Å². The van der Waals surface area contributed by atoms with Crippen LogP contribution in [0, 0.1) is 0 Å². The minimum atomic E-state index is 0. The Morgan fingerprint density at radius 2 is 1.83 bits per heavy atom.